The molecule has 0 spiro atoms. The lowest BCUT2D eigenvalue weighted by molar-refractivity contribution is 0.0302. The lowest BCUT2D eigenvalue weighted by atomic mass is 10.1. The van der Waals surface area contributed by atoms with Gasteiger partial charge >= 0.3 is 0 Å². The number of benzene rings is 1. The second-order valence-corrected chi connectivity index (χ2v) is 5.74. The largest absolute Gasteiger partial charge is 0.389 e. The third-order valence-electron chi connectivity index (χ3n) is 3.01. The van der Waals surface area contributed by atoms with E-state index in [0.29, 0.717) is 18.5 Å². The molecule has 4 N–H and O–H groups in total. The summed E-state index contributed by atoms with van der Waals surface area (Å²) in [5, 5.41) is 12.8. The maximum absolute atomic E-state index is 9.74. The zero-order chi connectivity index (χ0) is 15.8. The highest BCUT2D eigenvalue weighted by Crippen LogP contribution is 2.13. The van der Waals surface area contributed by atoms with E-state index >= 15 is 0 Å². The van der Waals surface area contributed by atoms with Crippen LogP contribution in [0.2, 0.25) is 0 Å². The molecule has 0 radical (unpaired) electrons. The predicted molar refractivity (Wildman–Crippen MR) is 87.7 cm³/mol. The van der Waals surface area contributed by atoms with E-state index in [-0.39, 0.29) is 13.2 Å². The molecule has 0 aromatic heterocycles. The smallest absolute Gasteiger partial charge is 0.193 e. The molecule has 0 aliphatic heterocycles. The second kappa shape index (κ2) is 8.64. The molecule has 5 nitrogen and oxygen atoms in total. The summed E-state index contributed by atoms with van der Waals surface area (Å²) in [6.45, 7) is 9.37. The van der Waals surface area contributed by atoms with Gasteiger partial charge in [0.2, 0.25) is 0 Å². The number of ether oxygens (including phenoxy) is 1. The van der Waals surface area contributed by atoms with E-state index in [4.69, 9.17) is 10.5 Å². The van der Waals surface area contributed by atoms with Crippen molar-refractivity contribution in [3.8, 4) is 0 Å². The van der Waals surface area contributed by atoms with Crippen LogP contribution in [0, 0.1) is 19.8 Å². The molecular formula is C16H27N3O2. The number of aliphatic hydroxyl groups is 1. The quantitative estimate of drug-likeness (QED) is 0.531. The molecular weight excluding hydrogens is 266 g/mol. The summed E-state index contributed by atoms with van der Waals surface area (Å²) < 4.78 is 5.36. The van der Waals surface area contributed by atoms with Crippen molar-refractivity contribution in [1.82, 2.24) is 0 Å². The molecule has 1 unspecified atom stereocenters. The van der Waals surface area contributed by atoms with Gasteiger partial charge in [-0.15, -0.1) is 0 Å². The Morgan fingerprint density at radius 2 is 2.00 bits per heavy atom. The van der Waals surface area contributed by atoms with Crippen molar-refractivity contribution in [3.63, 3.8) is 0 Å². The number of aliphatic hydroxyl groups excluding tert-OH is 1. The fourth-order valence-electron chi connectivity index (χ4n) is 1.70. The van der Waals surface area contributed by atoms with E-state index in [1.165, 1.54) is 11.1 Å². The summed E-state index contributed by atoms with van der Waals surface area (Å²) in [5.41, 5.74) is 9.12. The minimum atomic E-state index is -0.635. The van der Waals surface area contributed by atoms with E-state index in [9.17, 15) is 5.11 Å². The monoisotopic (exact) mass is 293 g/mol. The zero-order valence-electron chi connectivity index (χ0n) is 13.4. The third-order valence-corrected chi connectivity index (χ3v) is 3.01. The van der Waals surface area contributed by atoms with Crippen molar-refractivity contribution in [2.45, 2.75) is 33.8 Å². The van der Waals surface area contributed by atoms with Gasteiger partial charge in [0, 0.05) is 12.3 Å². The SMILES string of the molecule is Cc1ccc(NC(N)=NCC(O)COCC(C)C)cc1C. The molecule has 0 aliphatic carbocycles. The van der Waals surface area contributed by atoms with E-state index in [1.807, 2.05) is 25.1 Å². The second-order valence-electron chi connectivity index (χ2n) is 5.74. The van der Waals surface area contributed by atoms with Crippen LogP contribution in [0.25, 0.3) is 0 Å². The highest BCUT2D eigenvalue weighted by molar-refractivity contribution is 5.92. The van der Waals surface area contributed by atoms with Crippen LogP contribution in [0.15, 0.2) is 23.2 Å². The summed E-state index contributed by atoms with van der Waals surface area (Å²) in [6, 6.07) is 5.99. The molecule has 0 bridgehead atoms. The molecule has 5 heteroatoms. The summed E-state index contributed by atoms with van der Waals surface area (Å²) in [6.07, 6.45) is -0.635. The first kappa shape index (κ1) is 17.5. The average Bonchev–Trinajstić information content (AvgIpc) is 2.40. The maximum Gasteiger partial charge on any atom is 0.193 e. The molecule has 0 saturated carbocycles. The Hall–Kier alpha value is -1.59. The van der Waals surface area contributed by atoms with E-state index in [2.05, 4.69) is 31.1 Å². The summed E-state index contributed by atoms with van der Waals surface area (Å²) in [4.78, 5) is 4.12. The zero-order valence-corrected chi connectivity index (χ0v) is 13.4. The van der Waals surface area contributed by atoms with Crippen LogP contribution in [0.4, 0.5) is 5.69 Å². The molecule has 1 atom stereocenters. The van der Waals surface area contributed by atoms with Crippen molar-refractivity contribution in [2.24, 2.45) is 16.6 Å². The van der Waals surface area contributed by atoms with Crippen molar-refractivity contribution in [3.05, 3.63) is 29.3 Å². The van der Waals surface area contributed by atoms with Gasteiger partial charge in [0.1, 0.15) is 0 Å². The van der Waals surface area contributed by atoms with Gasteiger partial charge in [-0.2, -0.15) is 0 Å². The number of nitrogens with two attached hydrogens (primary N) is 1. The Kier molecular flexibility index (Phi) is 7.19. The van der Waals surface area contributed by atoms with Crippen LogP contribution < -0.4 is 11.1 Å². The van der Waals surface area contributed by atoms with Gasteiger partial charge in [-0.1, -0.05) is 19.9 Å². The van der Waals surface area contributed by atoms with E-state index in [0.717, 1.165) is 5.69 Å². The van der Waals surface area contributed by atoms with Gasteiger partial charge < -0.3 is 20.9 Å². The summed E-state index contributed by atoms with van der Waals surface area (Å²) >= 11 is 0. The Morgan fingerprint density at radius 1 is 1.29 bits per heavy atom. The Bertz CT molecular complexity index is 473. The summed E-state index contributed by atoms with van der Waals surface area (Å²) in [5.74, 6) is 0.748. The third kappa shape index (κ3) is 7.11. The standard InChI is InChI=1S/C16H27N3O2/c1-11(2)9-21-10-15(20)8-18-16(17)19-14-6-5-12(3)13(4)7-14/h5-7,11,15,20H,8-10H2,1-4H3,(H3,17,18,19). The maximum atomic E-state index is 9.74. The van der Waals surface area contributed by atoms with Gasteiger partial charge in [0.25, 0.3) is 0 Å². The molecule has 118 valence electrons. The highest BCUT2D eigenvalue weighted by Gasteiger charge is 2.05. The van der Waals surface area contributed by atoms with Crippen LogP contribution in [0.5, 0.6) is 0 Å². The van der Waals surface area contributed by atoms with Crippen LogP contribution in [-0.4, -0.2) is 36.9 Å². The van der Waals surface area contributed by atoms with Crippen LogP contribution >= 0.6 is 0 Å². The minimum absolute atomic E-state index is 0.224. The lowest BCUT2D eigenvalue weighted by Gasteiger charge is -2.12. The first-order chi connectivity index (χ1) is 9.88. The normalized spacial score (nSPS) is 13.5. The Labute approximate surface area is 127 Å². The van der Waals surface area contributed by atoms with Crippen molar-refractivity contribution in [2.75, 3.05) is 25.1 Å². The lowest BCUT2D eigenvalue weighted by Crippen LogP contribution is -2.26. The fraction of sp³-hybridized carbons (Fsp3) is 0.562. The van der Waals surface area contributed by atoms with Crippen molar-refractivity contribution >= 4 is 11.6 Å². The Balaban J connectivity index is 2.40. The number of hydrogen-bond donors (Lipinski definition) is 3. The Morgan fingerprint density at radius 3 is 2.62 bits per heavy atom. The molecule has 1 aromatic carbocycles. The van der Waals surface area contributed by atoms with Crippen LogP contribution in [-0.2, 0) is 4.74 Å². The van der Waals surface area contributed by atoms with Crippen LogP contribution in [0.1, 0.15) is 25.0 Å². The number of rotatable bonds is 7. The van der Waals surface area contributed by atoms with Gasteiger partial charge in [0.05, 0.1) is 19.3 Å². The molecule has 1 rings (SSSR count). The number of nitrogens with one attached hydrogen (secondary N) is 1. The molecule has 0 aliphatic rings. The van der Waals surface area contributed by atoms with Gasteiger partial charge in [-0.3, -0.25) is 4.99 Å². The van der Waals surface area contributed by atoms with Crippen molar-refractivity contribution in [1.29, 1.82) is 0 Å². The molecule has 21 heavy (non-hydrogen) atoms. The number of anilines is 1. The van der Waals surface area contributed by atoms with Gasteiger partial charge in [-0.05, 0) is 43.0 Å². The average molecular weight is 293 g/mol. The van der Waals surface area contributed by atoms with E-state index in [1.54, 1.807) is 0 Å². The van der Waals surface area contributed by atoms with Crippen molar-refractivity contribution < 1.29 is 9.84 Å². The van der Waals surface area contributed by atoms with Gasteiger partial charge in [0.15, 0.2) is 5.96 Å². The fourth-order valence-corrected chi connectivity index (χ4v) is 1.70. The molecule has 1 aromatic rings. The highest BCUT2D eigenvalue weighted by atomic mass is 16.5. The minimum Gasteiger partial charge on any atom is -0.389 e. The first-order valence-corrected chi connectivity index (χ1v) is 7.28. The molecule has 0 amide bonds. The number of hydrogen-bond acceptors (Lipinski definition) is 3. The van der Waals surface area contributed by atoms with E-state index < -0.39 is 6.10 Å². The van der Waals surface area contributed by atoms with Gasteiger partial charge in [-0.25, -0.2) is 0 Å². The molecule has 0 saturated heterocycles. The topological polar surface area (TPSA) is 79.9 Å². The number of nitrogens with zero attached hydrogens (tertiary/aromatic N) is 1. The number of aryl methyl sites for hydroxylation is 2. The van der Waals surface area contributed by atoms with Crippen LogP contribution in [0.3, 0.4) is 0 Å². The summed E-state index contributed by atoms with van der Waals surface area (Å²) in [7, 11) is 0. The molecule has 0 fully saturated rings. The predicted octanol–water partition coefficient (Wildman–Crippen LogP) is 2.06. The number of guanidine groups is 1. The number of aliphatic imine (C=N–C) groups is 1. The first-order valence-electron chi connectivity index (χ1n) is 7.28. The molecule has 0 heterocycles.